The van der Waals surface area contributed by atoms with Crippen LogP contribution in [0, 0.1) is 11.2 Å². The van der Waals surface area contributed by atoms with Crippen LogP contribution in [0.15, 0.2) is 59.9 Å². The lowest BCUT2D eigenvalue weighted by Crippen LogP contribution is -2.45. The van der Waals surface area contributed by atoms with Crippen molar-refractivity contribution in [3.63, 3.8) is 0 Å². The van der Waals surface area contributed by atoms with Crippen molar-refractivity contribution in [2.24, 2.45) is 10.7 Å². The molecule has 0 bridgehead atoms. The molecule has 1 unspecified atom stereocenters. The number of nitrogen functional groups attached to an aromatic ring is 1. The third-order valence-corrected chi connectivity index (χ3v) is 6.27. The summed E-state index contributed by atoms with van der Waals surface area (Å²) in [5.41, 5.74) is 8.21. The van der Waals surface area contributed by atoms with Gasteiger partial charge in [-0.1, -0.05) is 0 Å². The minimum atomic E-state index is -1.40. The molecule has 3 aromatic rings. The molecule has 0 amide bonds. The maximum absolute atomic E-state index is 16.1. The highest BCUT2D eigenvalue weighted by molar-refractivity contribution is 5.96. The van der Waals surface area contributed by atoms with E-state index >= 15 is 4.39 Å². The van der Waals surface area contributed by atoms with Crippen molar-refractivity contribution >= 4 is 29.5 Å². The number of aliphatic hydroxyl groups is 1. The molecule has 17 heteroatoms. The number of hydrogen-bond acceptors (Lipinski definition) is 14. The monoisotopic (exact) mass is 644 g/mol. The quantitative estimate of drug-likeness (QED) is 0.0701. The summed E-state index contributed by atoms with van der Waals surface area (Å²) in [7, 11) is 1.40. The average Bonchev–Trinajstić information content (AvgIpc) is 3.47. The largest absolute Gasteiger partial charge is 0.511 e. The number of carbonyl (C=O) groups is 1. The summed E-state index contributed by atoms with van der Waals surface area (Å²) in [4.78, 5) is 25.1. The summed E-state index contributed by atoms with van der Waals surface area (Å²) in [6.07, 6.45) is 0.542. The zero-order chi connectivity index (χ0) is 33.3. The number of carbonyl (C=O) groups excluding carboxylic acids is 1. The number of hydrogen-bond donors (Lipinski definition) is 5. The van der Waals surface area contributed by atoms with Crippen LogP contribution in [-0.4, -0.2) is 78.6 Å². The number of methoxy groups -OCH3 is 1. The van der Waals surface area contributed by atoms with Gasteiger partial charge in [0.25, 0.3) is 6.35 Å². The van der Waals surface area contributed by atoms with E-state index < -0.39 is 43.4 Å². The zero-order valence-corrected chi connectivity index (χ0v) is 25.2. The van der Waals surface area contributed by atoms with Gasteiger partial charge in [-0.3, -0.25) is 15.6 Å². The van der Waals surface area contributed by atoms with Crippen LogP contribution in [0.4, 0.5) is 25.2 Å². The normalized spacial score (nSPS) is 15.0. The van der Waals surface area contributed by atoms with Gasteiger partial charge in [-0.25, -0.2) is 33.5 Å². The van der Waals surface area contributed by atoms with Crippen LogP contribution in [0.5, 0.6) is 11.5 Å². The molecule has 2 atom stereocenters. The number of aliphatic hydroxyl groups excluding tert-OH is 1. The predicted octanol–water partition coefficient (Wildman–Crippen LogP) is 3.01. The van der Waals surface area contributed by atoms with Gasteiger partial charge in [0.05, 0.1) is 13.7 Å². The molecule has 6 N–H and O–H groups in total. The Balaban J connectivity index is 1.71. The van der Waals surface area contributed by atoms with E-state index in [0.717, 1.165) is 0 Å². The van der Waals surface area contributed by atoms with Gasteiger partial charge in [0.2, 0.25) is 5.95 Å². The summed E-state index contributed by atoms with van der Waals surface area (Å²) in [6, 6.07) is 9.81. The second kappa shape index (κ2) is 15.1. The van der Waals surface area contributed by atoms with E-state index in [1.807, 2.05) is 0 Å². The van der Waals surface area contributed by atoms with E-state index in [2.05, 4.69) is 25.7 Å². The first-order chi connectivity index (χ1) is 22.0. The van der Waals surface area contributed by atoms with Crippen LogP contribution in [0.1, 0.15) is 31.0 Å². The molecule has 246 valence electrons. The van der Waals surface area contributed by atoms with Gasteiger partial charge >= 0.3 is 6.16 Å². The number of aromatic nitrogens is 2. The lowest BCUT2D eigenvalue weighted by atomic mass is 10.0. The van der Waals surface area contributed by atoms with Gasteiger partial charge in [0.1, 0.15) is 42.3 Å². The molecule has 1 aromatic heterocycles. The van der Waals surface area contributed by atoms with Crippen molar-refractivity contribution in [1.29, 1.82) is 5.41 Å². The van der Waals surface area contributed by atoms with E-state index in [4.69, 9.17) is 34.8 Å². The molecule has 2 aromatic carbocycles. The first-order valence-corrected chi connectivity index (χ1v) is 13.8. The number of nitrogens with two attached hydrogens (primary N) is 1. The number of alkyl halides is 1. The smallest absolute Gasteiger partial charge is 0.497 e. The van der Waals surface area contributed by atoms with E-state index in [9.17, 15) is 14.3 Å². The third-order valence-electron chi connectivity index (χ3n) is 6.27. The van der Waals surface area contributed by atoms with Crippen molar-refractivity contribution in [2.75, 3.05) is 44.1 Å². The molecule has 0 aliphatic carbocycles. The number of amidine groups is 2. The lowest BCUT2D eigenvalue weighted by Gasteiger charge is -2.26. The van der Waals surface area contributed by atoms with Crippen molar-refractivity contribution in [1.82, 2.24) is 15.4 Å². The Bertz CT molecular complexity index is 1530. The Labute approximate surface area is 262 Å². The van der Waals surface area contributed by atoms with E-state index in [-0.39, 0.29) is 47.9 Å². The number of anilines is 2. The fourth-order valence-electron chi connectivity index (χ4n) is 4.01. The number of nitrogens with zero attached hydrogens (tertiary/aromatic N) is 4. The Morgan fingerprint density at radius 1 is 1.24 bits per heavy atom. The molecule has 46 heavy (non-hydrogen) atoms. The standard InChI is InChI=1S/C29H34F2N8O7/c1-29(2,15-30)46-28(41)45-16-44-27-37-25(38-39(27)26-34-9-4-10-35-26)23(36-18-7-5-17(6-8-18)24(32)33)20-13-19(42-3)14-21(22(20)31)43-12-11-40/h4-10,13-14,23,27,36,40H,11-12,15-16H2,1-3H3,(H3,32,33)(H,37,38)/t23-,27?/m1/s1. The third kappa shape index (κ3) is 8.45. The van der Waals surface area contributed by atoms with Gasteiger partial charge in [-0.2, -0.15) is 0 Å². The van der Waals surface area contributed by atoms with Gasteiger partial charge in [0.15, 0.2) is 18.4 Å². The van der Waals surface area contributed by atoms with Crippen LogP contribution in [0.25, 0.3) is 0 Å². The molecule has 0 saturated heterocycles. The van der Waals surface area contributed by atoms with Crippen LogP contribution >= 0.6 is 0 Å². The Morgan fingerprint density at radius 3 is 2.59 bits per heavy atom. The SMILES string of the molecule is COc1cc(OCCO)c(F)c([C@@H](Nc2ccc(C(=N)N)cc2)C2=NC(OCOC(=O)OC(C)(C)CF)N(c3ncccn3)N2)c1. The van der Waals surface area contributed by atoms with Crippen LogP contribution in [0.2, 0.25) is 0 Å². The highest BCUT2D eigenvalue weighted by Gasteiger charge is 2.36. The number of ether oxygens (including phenoxy) is 5. The predicted molar refractivity (Wildman–Crippen MR) is 162 cm³/mol. The number of rotatable bonds is 15. The fraction of sp³-hybridized carbons (Fsp3) is 0.345. The number of benzene rings is 2. The van der Waals surface area contributed by atoms with Gasteiger partial charge in [-0.05, 0) is 50.2 Å². The van der Waals surface area contributed by atoms with Crippen LogP contribution < -0.4 is 31.0 Å². The second-order valence-corrected chi connectivity index (χ2v) is 10.2. The van der Waals surface area contributed by atoms with Crippen molar-refractivity contribution in [2.45, 2.75) is 31.8 Å². The Morgan fingerprint density at radius 2 is 1.96 bits per heavy atom. The summed E-state index contributed by atoms with van der Waals surface area (Å²) >= 11 is 0. The molecule has 0 fully saturated rings. The van der Waals surface area contributed by atoms with E-state index in [1.165, 1.54) is 50.5 Å². The maximum atomic E-state index is 16.1. The lowest BCUT2D eigenvalue weighted by molar-refractivity contribution is -0.0946. The Kier molecular flexibility index (Phi) is 11.1. The fourth-order valence-corrected chi connectivity index (χ4v) is 4.01. The number of aliphatic imine (C=N–C) groups is 1. The first-order valence-electron chi connectivity index (χ1n) is 13.8. The molecular formula is C29H34F2N8O7. The van der Waals surface area contributed by atoms with Gasteiger partial charge < -0.3 is 35.1 Å². The zero-order valence-electron chi connectivity index (χ0n) is 25.2. The van der Waals surface area contributed by atoms with Gasteiger partial charge in [0, 0.05) is 35.3 Å². The number of nitrogens with one attached hydrogen (secondary N) is 3. The molecule has 15 nitrogen and oxygen atoms in total. The molecule has 2 heterocycles. The molecule has 4 rings (SSSR count). The van der Waals surface area contributed by atoms with Crippen molar-refractivity contribution in [3.8, 4) is 11.5 Å². The van der Waals surface area contributed by atoms with Crippen LogP contribution in [-0.2, 0) is 14.2 Å². The molecule has 1 aliphatic heterocycles. The molecule has 0 spiro atoms. The topological polar surface area (TPSA) is 199 Å². The summed E-state index contributed by atoms with van der Waals surface area (Å²) in [6.45, 7) is 0.635. The Hall–Kier alpha value is -5.29. The highest BCUT2D eigenvalue weighted by Crippen LogP contribution is 2.34. The van der Waals surface area contributed by atoms with Crippen LogP contribution in [0.3, 0.4) is 0 Å². The van der Waals surface area contributed by atoms with Crippen molar-refractivity contribution in [3.05, 3.63) is 71.8 Å². The molecule has 0 saturated carbocycles. The molecular weight excluding hydrogens is 610 g/mol. The number of halogens is 2. The maximum Gasteiger partial charge on any atom is 0.511 e. The second-order valence-electron chi connectivity index (χ2n) is 10.2. The van der Waals surface area contributed by atoms with Crippen molar-refractivity contribution < 1.29 is 42.4 Å². The first kappa shape index (κ1) is 33.6. The molecule has 0 radical (unpaired) electrons. The van der Waals surface area contributed by atoms with E-state index in [0.29, 0.717) is 11.3 Å². The number of hydrazine groups is 1. The average molecular weight is 645 g/mol. The minimum Gasteiger partial charge on any atom is -0.497 e. The summed E-state index contributed by atoms with van der Waals surface area (Å²) in [5, 5.41) is 21.5. The summed E-state index contributed by atoms with van der Waals surface area (Å²) in [5.74, 6) is -0.623. The van der Waals surface area contributed by atoms with E-state index in [1.54, 1.807) is 30.3 Å². The minimum absolute atomic E-state index is 0.0250. The summed E-state index contributed by atoms with van der Waals surface area (Å²) < 4.78 is 55.6. The van der Waals surface area contributed by atoms with Gasteiger partial charge in [-0.15, -0.1) is 0 Å². The highest BCUT2D eigenvalue weighted by atomic mass is 19.1. The molecule has 1 aliphatic rings.